The molecule has 0 radical (unpaired) electrons. The van der Waals surface area contributed by atoms with Crippen LogP contribution in [0.2, 0.25) is 5.02 Å². The summed E-state index contributed by atoms with van der Waals surface area (Å²) in [7, 11) is 0. The fraction of sp³-hybridized carbons (Fsp3) is 0.188. The number of anilines is 1. The van der Waals surface area contributed by atoms with Gasteiger partial charge in [0.1, 0.15) is 0 Å². The zero-order valence-corrected chi connectivity index (χ0v) is 13.0. The van der Waals surface area contributed by atoms with E-state index in [4.69, 9.17) is 11.6 Å². The van der Waals surface area contributed by atoms with Crippen molar-refractivity contribution in [2.75, 3.05) is 11.1 Å². The van der Waals surface area contributed by atoms with Gasteiger partial charge in [0.15, 0.2) is 0 Å². The lowest BCUT2D eigenvalue weighted by atomic mass is 10.2. The Balaban J connectivity index is 2.24. The predicted octanol–water partition coefficient (Wildman–Crippen LogP) is 5.01. The summed E-state index contributed by atoms with van der Waals surface area (Å²) in [6, 6.07) is 13.2. The van der Waals surface area contributed by atoms with Crippen molar-refractivity contribution in [1.29, 1.82) is 0 Å². The first-order valence-electron chi connectivity index (χ1n) is 6.41. The first-order valence-corrected chi connectivity index (χ1v) is 7.77. The minimum absolute atomic E-state index is 0.132. The number of amides is 1. The van der Waals surface area contributed by atoms with Gasteiger partial charge in [0, 0.05) is 4.90 Å². The van der Waals surface area contributed by atoms with Gasteiger partial charge in [0.2, 0.25) is 0 Å². The Morgan fingerprint density at radius 1 is 1.25 bits per heavy atom. The van der Waals surface area contributed by atoms with Gasteiger partial charge in [-0.25, -0.2) is 0 Å². The van der Waals surface area contributed by atoms with Gasteiger partial charge in [-0.1, -0.05) is 36.7 Å². The van der Waals surface area contributed by atoms with E-state index in [1.807, 2.05) is 49.4 Å². The van der Waals surface area contributed by atoms with Crippen LogP contribution in [0.25, 0.3) is 0 Å². The monoisotopic (exact) mass is 305 g/mol. The Kier molecular flexibility index (Phi) is 5.10. The lowest BCUT2D eigenvalue weighted by molar-refractivity contribution is 0.102. The summed E-state index contributed by atoms with van der Waals surface area (Å²) in [5, 5.41) is 3.42. The van der Waals surface area contributed by atoms with Crippen LogP contribution in [0.15, 0.2) is 47.4 Å². The quantitative estimate of drug-likeness (QED) is 0.804. The maximum Gasteiger partial charge on any atom is 0.256 e. The van der Waals surface area contributed by atoms with Gasteiger partial charge in [0.05, 0.1) is 16.3 Å². The van der Waals surface area contributed by atoms with Gasteiger partial charge < -0.3 is 5.32 Å². The predicted molar refractivity (Wildman–Crippen MR) is 87.0 cm³/mol. The van der Waals surface area contributed by atoms with Crippen LogP contribution in [0.4, 0.5) is 5.69 Å². The Morgan fingerprint density at radius 3 is 2.70 bits per heavy atom. The van der Waals surface area contributed by atoms with E-state index in [1.54, 1.807) is 11.8 Å². The molecule has 0 aliphatic carbocycles. The van der Waals surface area contributed by atoms with Crippen molar-refractivity contribution in [1.82, 2.24) is 0 Å². The number of rotatable bonds is 4. The van der Waals surface area contributed by atoms with Crippen molar-refractivity contribution in [3.8, 4) is 0 Å². The van der Waals surface area contributed by atoms with Crippen molar-refractivity contribution in [3.05, 3.63) is 58.6 Å². The molecule has 0 saturated heterocycles. The third-order valence-electron chi connectivity index (χ3n) is 2.80. The second-order valence-corrected chi connectivity index (χ2v) is 6.08. The maximum absolute atomic E-state index is 12.4. The average Bonchev–Trinajstić information content (AvgIpc) is 2.43. The second-order valence-electron chi connectivity index (χ2n) is 4.37. The van der Waals surface area contributed by atoms with Crippen LogP contribution in [-0.4, -0.2) is 11.7 Å². The summed E-state index contributed by atoms with van der Waals surface area (Å²) in [4.78, 5) is 13.3. The molecule has 2 aromatic carbocycles. The summed E-state index contributed by atoms with van der Waals surface area (Å²) >= 11 is 7.80. The highest BCUT2D eigenvalue weighted by atomic mass is 35.5. The minimum Gasteiger partial charge on any atom is -0.321 e. The van der Waals surface area contributed by atoms with Crippen LogP contribution >= 0.6 is 23.4 Å². The fourth-order valence-corrected chi connectivity index (χ4v) is 2.93. The Bertz CT molecular complexity index is 628. The number of carbonyl (C=O) groups is 1. The highest BCUT2D eigenvalue weighted by Gasteiger charge is 2.12. The van der Waals surface area contributed by atoms with Crippen molar-refractivity contribution in [2.45, 2.75) is 18.7 Å². The molecular formula is C16H16ClNOS. The molecule has 1 N–H and O–H groups in total. The van der Waals surface area contributed by atoms with E-state index in [-0.39, 0.29) is 5.91 Å². The zero-order chi connectivity index (χ0) is 14.5. The van der Waals surface area contributed by atoms with Crippen LogP contribution in [0, 0.1) is 6.92 Å². The summed E-state index contributed by atoms with van der Waals surface area (Å²) in [5.41, 5.74) is 2.38. The molecule has 0 saturated carbocycles. The number of hydrogen-bond donors (Lipinski definition) is 1. The molecule has 2 aromatic rings. The van der Waals surface area contributed by atoms with E-state index in [2.05, 4.69) is 12.2 Å². The van der Waals surface area contributed by atoms with Crippen molar-refractivity contribution in [2.24, 2.45) is 0 Å². The summed E-state index contributed by atoms with van der Waals surface area (Å²) in [6.07, 6.45) is 0. The SMILES string of the molecule is CCSc1ccccc1C(=O)Nc1ccc(C)cc1Cl. The van der Waals surface area contributed by atoms with E-state index in [9.17, 15) is 4.79 Å². The number of nitrogens with one attached hydrogen (secondary N) is 1. The molecule has 0 aliphatic heterocycles. The first-order chi connectivity index (χ1) is 9.61. The number of hydrogen-bond acceptors (Lipinski definition) is 2. The molecule has 0 aromatic heterocycles. The number of thioether (sulfide) groups is 1. The molecule has 0 atom stereocenters. The molecular weight excluding hydrogens is 290 g/mol. The van der Waals surface area contributed by atoms with Gasteiger partial charge in [-0.15, -0.1) is 11.8 Å². The van der Waals surface area contributed by atoms with Crippen molar-refractivity contribution in [3.63, 3.8) is 0 Å². The molecule has 0 spiro atoms. The van der Waals surface area contributed by atoms with E-state index >= 15 is 0 Å². The molecule has 0 bridgehead atoms. The number of aryl methyl sites for hydroxylation is 1. The largest absolute Gasteiger partial charge is 0.321 e. The van der Waals surface area contributed by atoms with Crippen LogP contribution in [0.3, 0.4) is 0 Å². The summed E-state index contributed by atoms with van der Waals surface area (Å²) in [6.45, 7) is 4.03. The van der Waals surface area contributed by atoms with Gasteiger partial charge in [-0.2, -0.15) is 0 Å². The molecule has 0 fully saturated rings. The van der Waals surface area contributed by atoms with Crippen molar-refractivity contribution < 1.29 is 4.79 Å². The Labute approximate surface area is 128 Å². The number of carbonyl (C=O) groups excluding carboxylic acids is 1. The zero-order valence-electron chi connectivity index (χ0n) is 11.4. The molecule has 2 rings (SSSR count). The van der Waals surface area contributed by atoms with E-state index in [1.165, 1.54) is 0 Å². The molecule has 1 amide bonds. The first kappa shape index (κ1) is 14.9. The smallest absolute Gasteiger partial charge is 0.256 e. The normalized spacial score (nSPS) is 10.3. The number of benzene rings is 2. The van der Waals surface area contributed by atoms with E-state index in [0.29, 0.717) is 16.3 Å². The second kappa shape index (κ2) is 6.82. The van der Waals surface area contributed by atoms with E-state index in [0.717, 1.165) is 16.2 Å². The standard InChI is InChI=1S/C16H16ClNOS/c1-3-20-15-7-5-4-6-12(15)16(19)18-14-9-8-11(2)10-13(14)17/h4-10H,3H2,1-2H3,(H,18,19). The highest BCUT2D eigenvalue weighted by Crippen LogP contribution is 2.26. The van der Waals surface area contributed by atoms with Crippen LogP contribution in [-0.2, 0) is 0 Å². The van der Waals surface area contributed by atoms with Crippen LogP contribution in [0.5, 0.6) is 0 Å². The van der Waals surface area contributed by atoms with Gasteiger partial charge in [0.25, 0.3) is 5.91 Å². The molecule has 20 heavy (non-hydrogen) atoms. The summed E-state index contributed by atoms with van der Waals surface area (Å²) < 4.78 is 0. The lowest BCUT2D eigenvalue weighted by Crippen LogP contribution is -2.13. The third kappa shape index (κ3) is 3.56. The average molecular weight is 306 g/mol. The molecule has 0 unspecified atom stereocenters. The third-order valence-corrected chi connectivity index (χ3v) is 4.07. The molecule has 104 valence electrons. The Hall–Kier alpha value is -1.45. The van der Waals surface area contributed by atoms with Crippen LogP contribution in [0.1, 0.15) is 22.8 Å². The minimum atomic E-state index is -0.132. The highest BCUT2D eigenvalue weighted by molar-refractivity contribution is 7.99. The maximum atomic E-state index is 12.4. The molecule has 0 aliphatic rings. The number of halogens is 1. The van der Waals surface area contributed by atoms with Gasteiger partial charge in [-0.05, 0) is 42.5 Å². The van der Waals surface area contributed by atoms with E-state index < -0.39 is 0 Å². The van der Waals surface area contributed by atoms with Crippen LogP contribution < -0.4 is 5.32 Å². The Morgan fingerprint density at radius 2 is 2.00 bits per heavy atom. The molecule has 4 heteroatoms. The lowest BCUT2D eigenvalue weighted by Gasteiger charge is -2.10. The molecule has 0 heterocycles. The van der Waals surface area contributed by atoms with Crippen molar-refractivity contribution >= 4 is 35.0 Å². The summed E-state index contributed by atoms with van der Waals surface area (Å²) in [5.74, 6) is 0.794. The molecule has 2 nitrogen and oxygen atoms in total. The van der Waals surface area contributed by atoms with Gasteiger partial charge >= 0.3 is 0 Å². The fourth-order valence-electron chi connectivity index (χ4n) is 1.85. The van der Waals surface area contributed by atoms with Gasteiger partial charge in [-0.3, -0.25) is 4.79 Å². The topological polar surface area (TPSA) is 29.1 Å².